The van der Waals surface area contributed by atoms with E-state index < -0.39 is 0 Å². The van der Waals surface area contributed by atoms with Gasteiger partial charge in [0.2, 0.25) is 5.91 Å². The summed E-state index contributed by atoms with van der Waals surface area (Å²) in [6.45, 7) is 5.96. The molecule has 1 saturated heterocycles. The van der Waals surface area contributed by atoms with Crippen molar-refractivity contribution in [3.8, 4) is 0 Å². The number of rotatable bonds is 2. The minimum Gasteiger partial charge on any atom is -0.369 e. The van der Waals surface area contributed by atoms with Gasteiger partial charge in [0, 0.05) is 19.0 Å². The summed E-state index contributed by atoms with van der Waals surface area (Å²) in [6.07, 6.45) is 1.67. The van der Waals surface area contributed by atoms with Crippen LogP contribution >= 0.6 is 11.3 Å². The fourth-order valence-corrected chi connectivity index (χ4v) is 4.04. The Morgan fingerprint density at radius 1 is 1.35 bits per heavy atom. The first-order chi connectivity index (χ1) is 9.54. The van der Waals surface area contributed by atoms with E-state index in [2.05, 4.69) is 30.9 Å². The summed E-state index contributed by atoms with van der Waals surface area (Å²) in [4.78, 5) is 18.3. The highest BCUT2D eigenvalue weighted by atomic mass is 32.1. The summed E-state index contributed by atoms with van der Waals surface area (Å²) in [7, 11) is 0. The third kappa shape index (κ3) is 2.38. The highest BCUT2D eigenvalue weighted by Crippen LogP contribution is 2.33. The summed E-state index contributed by atoms with van der Waals surface area (Å²) in [6, 6.07) is 4.37. The molecule has 1 aliphatic heterocycles. The first-order valence-corrected chi connectivity index (χ1v) is 7.78. The second-order valence-electron chi connectivity index (χ2n) is 5.59. The Morgan fingerprint density at radius 2 is 2.05 bits per heavy atom. The van der Waals surface area contributed by atoms with E-state index in [1.165, 1.54) is 15.8 Å². The molecule has 1 aliphatic rings. The number of anilines is 1. The molecule has 2 N–H and O–H groups in total. The molecule has 0 aliphatic carbocycles. The summed E-state index contributed by atoms with van der Waals surface area (Å²) < 4.78 is 1.24. The van der Waals surface area contributed by atoms with Gasteiger partial charge in [-0.2, -0.15) is 0 Å². The number of amides is 1. The zero-order chi connectivity index (χ0) is 14.3. The Hall–Kier alpha value is -1.62. The number of nitrogens with zero attached hydrogens (tertiary/aromatic N) is 2. The van der Waals surface area contributed by atoms with Crippen molar-refractivity contribution in [2.24, 2.45) is 11.7 Å². The van der Waals surface area contributed by atoms with E-state index in [0.29, 0.717) is 0 Å². The Balaban J connectivity index is 1.85. The number of carbonyl (C=O) groups is 1. The average molecular weight is 289 g/mol. The molecule has 106 valence electrons. The molecule has 1 aromatic carbocycles. The number of hydrogen-bond acceptors (Lipinski definition) is 4. The van der Waals surface area contributed by atoms with Crippen molar-refractivity contribution in [2.45, 2.75) is 26.7 Å². The lowest BCUT2D eigenvalue weighted by atomic mass is 9.97. The second kappa shape index (κ2) is 5.05. The van der Waals surface area contributed by atoms with Gasteiger partial charge in [0.1, 0.15) is 0 Å². The van der Waals surface area contributed by atoms with Crippen LogP contribution in [0.4, 0.5) is 5.13 Å². The van der Waals surface area contributed by atoms with Crippen molar-refractivity contribution in [1.29, 1.82) is 0 Å². The maximum Gasteiger partial charge on any atom is 0.220 e. The van der Waals surface area contributed by atoms with Crippen LogP contribution in [0, 0.1) is 19.8 Å². The number of hydrogen-bond donors (Lipinski definition) is 1. The summed E-state index contributed by atoms with van der Waals surface area (Å²) in [5, 5.41) is 1.07. The molecule has 2 aromatic rings. The largest absolute Gasteiger partial charge is 0.369 e. The van der Waals surface area contributed by atoms with Gasteiger partial charge in [0.05, 0.1) is 10.2 Å². The Morgan fingerprint density at radius 3 is 2.70 bits per heavy atom. The van der Waals surface area contributed by atoms with Crippen molar-refractivity contribution in [3.63, 3.8) is 0 Å². The summed E-state index contributed by atoms with van der Waals surface area (Å²) in [5.74, 6) is -0.134. The molecule has 0 spiro atoms. The van der Waals surface area contributed by atoms with Crippen molar-refractivity contribution < 1.29 is 4.79 Å². The molecule has 3 rings (SSSR count). The first kappa shape index (κ1) is 13.4. The third-order valence-electron chi connectivity index (χ3n) is 3.99. The van der Waals surface area contributed by atoms with Crippen molar-refractivity contribution in [1.82, 2.24) is 4.98 Å². The van der Waals surface area contributed by atoms with Gasteiger partial charge in [-0.25, -0.2) is 4.98 Å². The molecule has 4 nitrogen and oxygen atoms in total. The number of primary amides is 1. The number of carbonyl (C=O) groups excluding carboxylic acids is 1. The zero-order valence-electron chi connectivity index (χ0n) is 11.8. The Bertz CT molecular complexity index is 656. The molecule has 1 aromatic heterocycles. The molecule has 0 atom stereocenters. The van der Waals surface area contributed by atoms with Crippen molar-refractivity contribution in [3.05, 3.63) is 23.3 Å². The van der Waals surface area contributed by atoms with Crippen LogP contribution in [-0.2, 0) is 4.79 Å². The van der Waals surface area contributed by atoms with Gasteiger partial charge in [-0.05, 0) is 43.9 Å². The lowest BCUT2D eigenvalue weighted by Crippen LogP contribution is -2.38. The van der Waals surface area contributed by atoms with E-state index in [4.69, 9.17) is 10.7 Å². The smallest absolute Gasteiger partial charge is 0.220 e. The normalized spacial score (nSPS) is 16.8. The van der Waals surface area contributed by atoms with Crippen molar-refractivity contribution >= 4 is 32.6 Å². The maximum absolute atomic E-state index is 11.2. The Labute approximate surface area is 122 Å². The molecule has 1 amide bonds. The van der Waals surface area contributed by atoms with Gasteiger partial charge < -0.3 is 10.6 Å². The summed E-state index contributed by atoms with van der Waals surface area (Å²) >= 11 is 1.74. The number of aromatic nitrogens is 1. The van der Waals surface area contributed by atoms with E-state index in [9.17, 15) is 4.79 Å². The zero-order valence-corrected chi connectivity index (χ0v) is 12.7. The van der Waals surface area contributed by atoms with Crippen LogP contribution in [0.3, 0.4) is 0 Å². The Kier molecular flexibility index (Phi) is 3.38. The highest BCUT2D eigenvalue weighted by Gasteiger charge is 2.24. The number of nitrogens with two attached hydrogens (primary N) is 1. The molecule has 5 heteroatoms. The number of aryl methyl sites for hydroxylation is 2. The lowest BCUT2D eigenvalue weighted by Gasteiger charge is -2.30. The molecule has 20 heavy (non-hydrogen) atoms. The number of benzene rings is 1. The number of piperidine rings is 1. The molecular formula is C15H19N3OS. The molecular weight excluding hydrogens is 270 g/mol. The molecule has 1 fully saturated rings. The highest BCUT2D eigenvalue weighted by molar-refractivity contribution is 7.22. The van der Waals surface area contributed by atoms with E-state index >= 15 is 0 Å². The summed E-state index contributed by atoms with van der Waals surface area (Å²) in [5.41, 5.74) is 8.99. The molecule has 0 bridgehead atoms. The van der Waals surface area contributed by atoms with Gasteiger partial charge in [0.25, 0.3) is 0 Å². The van der Waals surface area contributed by atoms with E-state index in [1.54, 1.807) is 11.3 Å². The van der Waals surface area contributed by atoms with Crippen LogP contribution in [0.25, 0.3) is 10.2 Å². The minimum absolute atomic E-state index is 0.0320. The fraction of sp³-hybridized carbons (Fsp3) is 0.467. The van der Waals surface area contributed by atoms with E-state index in [1.807, 2.05) is 0 Å². The van der Waals surface area contributed by atoms with Crippen LogP contribution < -0.4 is 10.6 Å². The third-order valence-corrected chi connectivity index (χ3v) is 5.05. The lowest BCUT2D eigenvalue weighted by molar-refractivity contribution is -0.122. The standard InChI is InChI=1S/C15H19N3OS/c1-9-7-10(2)13-12(8-9)20-15(17-13)18-5-3-11(4-6-18)14(16)19/h7-8,11H,3-6H2,1-2H3,(H2,16,19). The SMILES string of the molecule is Cc1cc(C)c2nc(N3CCC(C(N)=O)CC3)sc2c1. The maximum atomic E-state index is 11.2. The van der Waals surface area contributed by atoms with Crippen LogP contribution in [0.2, 0.25) is 0 Å². The van der Waals surface area contributed by atoms with Crippen LogP contribution in [0.5, 0.6) is 0 Å². The van der Waals surface area contributed by atoms with E-state index in [-0.39, 0.29) is 11.8 Å². The minimum atomic E-state index is -0.166. The van der Waals surface area contributed by atoms with Crippen LogP contribution in [-0.4, -0.2) is 24.0 Å². The molecule has 0 radical (unpaired) electrons. The quantitative estimate of drug-likeness (QED) is 0.924. The molecule has 2 heterocycles. The van der Waals surface area contributed by atoms with Crippen LogP contribution in [0.1, 0.15) is 24.0 Å². The van der Waals surface area contributed by atoms with Gasteiger partial charge in [-0.15, -0.1) is 0 Å². The predicted molar refractivity (Wildman–Crippen MR) is 83.2 cm³/mol. The molecule has 0 unspecified atom stereocenters. The number of fused-ring (bicyclic) bond motifs is 1. The van der Waals surface area contributed by atoms with E-state index in [0.717, 1.165) is 36.6 Å². The van der Waals surface area contributed by atoms with Gasteiger partial charge in [-0.1, -0.05) is 17.4 Å². The van der Waals surface area contributed by atoms with Gasteiger partial charge in [-0.3, -0.25) is 4.79 Å². The number of thiazole rings is 1. The first-order valence-electron chi connectivity index (χ1n) is 6.96. The van der Waals surface area contributed by atoms with Gasteiger partial charge >= 0.3 is 0 Å². The monoisotopic (exact) mass is 289 g/mol. The van der Waals surface area contributed by atoms with Crippen molar-refractivity contribution in [2.75, 3.05) is 18.0 Å². The fourth-order valence-electron chi connectivity index (χ4n) is 2.85. The van der Waals surface area contributed by atoms with Crippen LogP contribution in [0.15, 0.2) is 12.1 Å². The van der Waals surface area contributed by atoms with Gasteiger partial charge in [0.15, 0.2) is 5.13 Å². The second-order valence-corrected chi connectivity index (χ2v) is 6.60. The average Bonchev–Trinajstić information content (AvgIpc) is 2.83. The topological polar surface area (TPSA) is 59.2 Å². The predicted octanol–water partition coefficient (Wildman–Crippen LogP) is 2.61. The molecule has 0 saturated carbocycles.